The van der Waals surface area contributed by atoms with Crippen molar-refractivity contribution in [3.8, 4) is 5.75 Å². The lowest BCUT2D eigenvalue weighted by atomic mass is 9.87. The summed E-state index contributed by atoms with van der Waals surface area (Å²) in [5.41, 5.74) is 1.32. The van der Waals surface area contributed by atoms with Crippen molar-refractivity contribution >= 4 is 34.4 Å². The topological polar surface area (TPSA) is 99.1 Å². The predicted molar refractivity (Wildman–Crippen MR) is 147 cm³/mol. The van der Waals surface area contributed by atoms with Crippen molar-refractivity contribution in [3.05, 3.63) is 75.4 Å². The zero-order valence-corrected chi connectivity index (χ0v) is 22.9. The third-order valence-corrected chi connectivity index (χ3v) is 7.07. The normalized spacial score (nSPS) is 19.5. The fourth-order valence-corrected chi connectivity index (χ4v) is 4.73. The van der Waals surface area contributed by atoms with Crippen LogP contribution in [0.3, 0.4) is 0 Å². The van der Waals surface area contributed by atoms with Gasteiger partial charge in [0.05, 0.1) is 22.6 Å². The van der Waals surface area contributed by atoms with Crippen molar-refractivity contribution in [3.63, 3.8) is 0 Å². The third-order valence-electron chi connectivity index (χ3n) is 6.18. The summed E-state index contributed by atoms with van der Waals surface area (Å²) in [5.74, 6) is 0.518. The summed E-state index contributed by atoms with van der Waals surface area (Å²) in [6, 6.07) is 16.3. The molecule has 7 nitrogen and oxygen atoms in total. The van der Waals surface area contributed by atoms with Crippen LogP contribution in [0.5, 0.6) is 5.75 Å². The smallest absolute Gasteiger partial charge is 0.247 e. The molecule has 8 heteroatoms. The zero-order chi connectivity index (χ0) is 26.1. The third kappa shape index (κ3) is 7.78. The zero-order valence-electron chi connectivity index (χ0n) is 20.8. The number of carbonyl (C=O) groups is 2. The molecule has 0 bridgehead atoms. The van der Waals surface area contributed by atoms with Gasteiger partial charge < -0.3 is 25.2 Å². The molecule has 1 aliphatic rings. The second kappa shape index (κ2) is 13.8. The van der Waals surface area contributed by atoms with Gasteiger partial charge in [-0.1, -0.05) is 56.3 Å². The van der Waals surface area contributed by atoms with Gasteiger partial charge in [0.25, 0.3) is 0 Å². The van der Waals surface area contributed by atoms with E-state index in [1.807, 2.05) is 54.6 Å². The molecular weight excluding hydrogens is 571 g/mol. The van der Waals surface area contributed by atoms with Crippen molar-refractivity contribution < 1.29 is 24.5 Å². The number of ether oxygens (including phenoxy) is 1. The van der Waals surface area contributed by atoms with Crippen molar-refractivity contribution in [1.82, 2.24) is 10.2 Å². The van der Waals surface area contributed by atoms with E-state index in [0.717, 1.165) is 15.6 Å². The largest absolute Gasteiger partial charge is 0.482 e. The number of carbonyl (C=O) groups excluding carboxylic acids is 2. The lowest BCUT2D eigenvalue weighted by Crippen LogP contribution is -2.55. The fourth-order valence-electron chi connectivity index (χ4n) is 4.21. The maximum absolute atomic E-state index is 13.6. The van der Waals surface area contributed by atoms with E-state index in [9.17, 15) is 14.7 Å². The van der Waals surface area contributed by atoms with Crippen molar-refractivity contribution in [2.45, 2.75) is 51.4 Å². The summed E-state index contributed by atoms with van der Waals surface area (Å²) in [6.45, 7) is 4.59. The van der Waals surface area contributed by atoms with E-state index >= 15 is 0 Å². The molecule has 194 valence electrons. The Hall–Kier alpha value is -2.43. The molecule has 3 unspecified atom stereocenters. The fraction of sp³-hybridized carbons (Fsp3) is 0.429. The first-order chi connectivity index (χ1) is 17.3. The lowest BCUT2D eigenvalue weighted by molar-refractivity contribution is -0.138. The van der Waals surface area contributed by atoms with Gasteiger partial charge in [-0.3, -0.25) is 9.59 Å². The first-order valence-corrected chi connectivity index (χ1v) is 13.4. The Kier molecular flexibility index (Phi) is 10.8. The van der Waals surface area contributed by atoms with Crippen molar-refractivity contribution in [2.75, 3.05) is 19.7 Å². The highest BCUT2D eigenvalue weighted by molar-refractivity contribution is 14.1. The number of nitrogens with zero attached hydrogens (tertiary/aromatic N) is 1. The highest BCUT2D eigenvalue weighted by Gasteiger charge is 2.40. The van der Waals surface area contributed by atoms with E-state index in [4.69, 9.17) is 9.84 Å². The molecule has 0 saturated carbocycles. The number of amides is 2. The van der Waals surface area contributed by atoms with Crippen LogP contribution in [0.4, 0.5) is 0 Å². The lowest BCUT2D eigenvalue weighted by Gasteiger charge is -2.41. The standard InChI is InChI=1S/C28H35IN2O5/c1-19(2)12-14-31(26(33)16-20-8-4-3-5-9-20)23-17-21(28(35)30-13-15-32)18-25(27(23)34)36-24-11-7-6-10-22(24)29/h3-11,18-19,23,25,27,32,34H,12-17H2,1-2H3,(H,30,35). The van der Waals surface area contributed by atoms with Crippen LogP contribution in [0.15, 0.2) is 66.2 Å². The number of hydrogen-bond donors (Lipinski definition) is 3. The summed E-state index contributed by atoms with van der Waals surface area (Å²) in [7, 11) is 0. The average molecular weight is 607 g/mol. The maximum Gasteiger partial charge on any atom is 0.247 e. The second-order valence-corrected chi connectivity index (χ2v) is 10.5. The average Bonchev–Trinajstić information content (AvgIpc) is 2.86. The SMILES string of the molecule is CC(C)CCN(C(=O)Cc1ccccc1)C1CC(C(=O)NCCO)=CC(Oc2ccccc2I)C1O. The maximum atomic E-state index is 13.6. The molecular formula is C28H35IN2O5. The van der Waals surface area contributed by atoms with E-state index < -0.39 is 18.2 Å². The van der Waals surface area contributed by atoms with Gasteiger partial charge in [0, 0.05) is 25.1 Å². The number of benzene rings is 2. The van der Waals surface area contributed by atoms with Gasteiger partial charge in [-0.05, 0) is 58.7 Å². The van der Waals surface area contributed by atoms with Crippen molar-refractivity contribution in [1.29, 1.82) is 0 Å². The Bertz CT molecular complexity index is 1040. The van der Waals surface area contributed by atoms with Gasteiger partial charge in [-0.2, -0.15) is 0 Å². The number of rotatable bonds is 11. The van der Waals surface area contributed by atoms with Crippen LogP contribution in [0.25, 0.3) is 0 Å². The van der Waals surface area contributed by atoms with E-state index in [1.165, 1.54) is 0 Å². The van der Waals surface area contributed by atoms with Crippen LogP contribution in [0, 0.1) is 9.49 Å². The summed E-state index contributed by atoms with van der Waals surface area (Å²) < 4.78 is 7.06. The Morgan fingerprint density at radius 1 is 1.14 bits per heavy atom. The molecule has 2 amide bonds. The summed E-state index contributed by atoms with van der Waals surface area (Å²) >= 11 is 2.16. The molecule has 2 aromatic carbocycles. The van der Waals surface area contributed by atoms with Gasteiger partial charge in [0.2, 0.25) is 11.8 Å². The summed E-state index contributed by atoms with van der Waals surface area (Å²) in [4.78, 5) is 28.2. The Morgan fingerprint density at radius 3 is 2.50 bits per heavy atom. The number of aliphatic hydroxyl groups excluding tert-OH is 2. The van der Waals surface area contributed by atoms with Gasteiger partial charge in [-0.25, -0.2) is 0 Å². The molecule has 0 spiro atoms. The molecule has 0 radical (unpaired) electrons. The quantitative estimate of drug-likeness (QED) is 0.341. The van der Waals surface area contributed by atoms with Crippen LogP contribution in [0.2, 0.25) is 0 Å². The second-order valence-electron chi connectivity index (χ2n) is 9.38. The summed E-state index contributed by atoms with van der Waals surface area (Å²) in [5, 5.41) is 23.3. The van der Waals surface area contributed by atoms with Gasteiger partial charge in [-0.15, -0.1) is 0 Å². The molecule has 3 rings (SSSR count). The Balaban J connectivity index is 1.93. The first kappa shape index (κ1) is 28.1. The molecule has 0 aromatic heterocycles. The number of nitrogens with one attached hydrogen (secondary N) is 1. The number of aliphatic hydroxyl groups is 2. The molecule has 0 fully saturated rings. The molecule has 1 aliphatic carbocycles. The van der Waals surface area contributed by atoms with Gasteiger partial charge in [0.1, 0.15) is 18.0 Å². The summed E-state index contributed by atoms with van der Waals surface area (Å²) in [6.07, 6.45) is 0.965. The van der Waals surface area contributed by atoms with Crippen LogP contribution in [0.1, 0.15) is 32.3 Å². The Morgan fingerprint density at radius 2 is 1.83 bits per heavy atom. The molecule has 0 heterocycles. The first-order valence-electron chi connectivity index (χ1n) is 12.3. The molecule has 2 aromatic rings. The number of para-hydroxylation sites is 1. The highest BCUT2D eigenvalue weighted by Crippen LogP contribution is 2.30. The predicted octanol–water partition coefficient (Wildman–Crippen LogP) is 3.32. The van der Waals surface area contributed by atoms with Crippen LogP contribution in [-0.4, -0.2) is 64.9 Å². The number of hydrogen-bond acceptors (Lipinski definition) is 5. The van der Waals surface area contributed by atoms with E-state index in [-0.39, 0.29) is 37.8 Å². The molecule has 0 saturated heterocycles. The minimum absolute atomic E-state index is 0.101. The molecule has 3 N–H and O–H groups in total. The monoisotopic (exact) mass is 606 g/mol. The van der Waals surface area contributed by atoms with Gasteiger partial charge in [0.15, 0.2) is 0 Å². The van der Waals surface area contributed by atoms with Gasteiger partial charge >= 0.3 is 0 Å². The molecule has 0 aliphatic heterocycles. The van der Waals surface area contributed by atoms with Crippen LogP contribution < -0.4 is 10.1 Å². The van der Waals surface area contributed by atoms with E-state index in [1.54, 1.807) is 11.0 Å². The van der Waals surface area contributed by atoms with E-state index in [0.29, 0.717) is 23.8 Å². The highest BCUT2D eigenvalue weighted by atomic mass is 127. The minimum atomic E-state index is -1.03. The van der Waals surface area contributed by atoms with Crippen molar-refractivity contribution in [2.24, 2.45) is 5.92 Å². The molecule has 36 heavy (non-hydrogen) atoms. The number of halogens is 1. The minimum Gasteiger partial charge on any atom is -0.482 e. The molecule has 3 atom stereocenters. The van der Waals surface area contributed by atoms with E-state index in [2.05, 4.69) is 41.8 Å². The van der Waals surface area contributed by atoms with Crippen LogP contribution >= 0.6 is 22.6 Å². The van der Waals surface area contributed by atoms with Crippen LogP contribution in [-0.2, 0) is 16.0 Å². The Labute approximate surface area is 226 Å².